The maximum Gasteiger partial charge on any atom is 0.268 e. The summed E-state index contributed by atoms with van der Waals surface area (Å²) in [5, 5.41) is 13.8. The molecule has 0 aliphatic heterocycles. The second-order valence-corrected chi connectivity index (χ2v) is 23.8. The van der Waals surface area contributed by atoms with E-state index in [1.807, 2.05) is 27.2 Å². The molecule has 8 nitrogen and oxygen atoms in total. The van der Waals surface area contributed by atoms with Gasteiger partial charge in [-0.2, -0.15) is 0 Å². The van der Waals surface area contributed by atoms with E-state index in [1.165, 1.54) is 205 Å². The number of carbonyl (C=O) groups excluding carboxylic acids is 1. The van der Waals surface area contributed by atoms with Crippen LogP contribution in [0.25, 0.3) is 0 Å². The number of hydrogen-bond donors (Lipinski definition) is 2. The fourth-order valence-electron chi connectivity index (χ4n) is 8.96. The van der Waals surface area contributed by atoms with Gasteiger partial charge in [-0.3, -0.25) is 9.36 Å². The van der Waals surface area contributed by atoms with Gasteiger partial charge in [0.2, 0.25) is 5.91 Å². The number of quaternary nitrogens is 1. The molecule has 0 aromatic heterocycles. The number of rotatable bonds is 57. The number of phosphoric ester groups is 1. The molecule has 0 aromatic carbocycles. The molecule has 0 spiro atoms. The highest BCUT2D eigenvalue weighted by Crippen LogP contribution is 2.38. The third kappa shape index (κ3) is 57.6. The molecule has 0 saturated carbocycles. The molecule has 3 atom stereocenters. The van der Waals surface area contributed by atoms with E-state index in [0.29, 0.717) is 17.4 Å². The van der Waals surface area contributed by atoms with E-state index in [4.69, 9.17) is 9.05 Å². The second kappa shape index (κ2) is 55.7. The number of hydrogen-bond acceptors (Lipinski definition) is 6. The Morgan fingerprint density at radius 2 is 0.797 bits per heavy atom. The predicted octanol–water partition coefficient (Wildman–Crippen LogP) is 18.8. The van der Waals surface area contributed by atoms with E-state index in [1.54, 1.807) is 6.08 Å². The van der Waals surface area contributed by atoms with Crippen molar-refractivity contribution in [2.45, 2.75) is 296 Å². The monoisotopic (exact) mass is 1060 g/mol. The average molecular weight is 1060 g/mol. The first-order chi connectivity index (χ1) is 36.0. The van der Waals surface area contributed by atoms with Crippen LogP contribution in [0.2, 0.25) is 0 Å². The second-order valence-electron chi connectivity index (χ2n) is 22.4. The van der Waals surface area contributed by atoms with Crippen molar-refractivity contribution in [3.05, 3.63) is 72.9 Å². The molecule has 3 unspecified atom stereocenters. The summed E-state index contributed by atoms with van der Waals surface area (Å²) < 4.78 is 23.3. The minimum absolute atomic E-state index is 0.00976. The lowest BCUT2D eigenvalue weighted by atomic mass is 10.0. The highest BCUT2D eigenvalue weighted by molar-refractivity contribution is 7.45. The standard InChI is InChI=1S/C65H121N2O6P/c1-6-8-10-12-14-16-18-20-22-23-24-25-26-27-28-29-30-31-32-33-34-35-36-37-38-39-40-41-42-43-45-47-49-51-53-55-57-59-65(69)66-63(62-73-74(70,71)72-61-60-67(3,4)5)64(68)58-56-54-52-50-48-46-44-21-19-17-15-13-11-9-7-2/h18-21,23-24,26-27,48,50,56,58,63-64,68H,6-17,22,25,28-47,49,51-55,57,59-62H2,1-5H3,(H-,66,69,70,71)/b20-18-,21-19+,24-23-,27-26-,50-48+,58-56+. The van der Waals surface area contributed by atoms with Crippen LogP contribution in [0.3, 0.4) is 0 Å². The van der Waals surface area contributed by atoms with Crippen molar-refractivity contribution in [3.8, 4) is 0 Å². The van der Waals surface area contributed by atoms with E-state index in [-0.39, 0.29) is 12.5 Å². The Balaban J connectivity index is 3.99. The maximum atomic E-state index is 13.0. The summed E-state index contributed by atoms with van der Waals surface area (Å²) in [6.45, 7) is 4.60. The van der Waals surface area contributed by atoms with Gasteiger partial charge in [0.1, 0.15) is 13.2 Å². The molecule has 0 aromatic rings. The van der Waals surface area contributed by atoms with Gasteiger partial charge in [0.15, 0.2) is 0 Å². The Bertz CT molecular complexity index is 1430. The van der Waals surface area contributed by atoms with Crippen LogP contribution in [0.1, 0.15) is 284 Å². The lowest BCUT2D eigenvalue weighted by molar-refractivity contribution is -0.870. The number of aliphatic hydroxyl groups excluding tert-OH is 1. The molecule has 432 valence electrons. The topological polar surface area (TPSA) is 108 Å². The van der Waals surface area contributed by atoms with Crippen LogP contribution in [0.4, 0.5) is 0 Å². The highest BCUT2D eigenvalue weighted by Gasteiger charge is 2.23. The molecule has 0 radical (unpaired) electrons. The molecular weight excluding hydrogens is 936 g/mol. The highest BCUT2D eigenvalue weighted by atomic mass is 31.2. The SMILES string of the molecule is CCCCCCC/C=C\C/C=C\C/C=C\CCCCCCCCCCCCCCCCCCCCCCCCC(=O)NC(COP(=O)([O-])OCC[N+](C)(C)C)C(O)/C=C/CC/C=C/CC/C=C/CCCCCCC. The number of allylic oxidation sites excluding steroid dienone is 11. The summed E-state index contributed by atoms with van der Waals surface area (Å²) in [6, 6.07) is -0.911. The largest absolute Gasteiger partial charge is 0.756 e. The number of phosphoric acid groups is 1. The van der Waals surface area contributed by atoms with Crippen molar-refractivity contribution in [1.29, 1.82) is 0 Å². The van der Waals surface area contributed by atoms with Crippen molar-refractivity contribution in [3.63, 3.8) is 0 Å². The Morgan fingerprint density at radius 1 is 0.473 bits per heavy atom. The third-order valence-corrected chi connectivity index (χ3v) is 14.8. The zero-order chi connectivity index (χ0) is 54.2. The van der Waals surface area contributed by atoms with Crippen molar-refractivity contribution in [2.24, 2.45) is 0 Å². The Morgan fingerprint density at radius 3 is 1.19 bits per heavy atom. The minimum atomic E-state index is -4.61. The predicted molar refractivity (Wildman–Crippen MR) is 320 cm³/mol. The summed E-state index contributed by atoms with van der Waals surface area (Å²) in [6.07, 6.45) is 77.3. The zero-order valence-electron chi connectivity index (χ0n) is 49.3. The minimum Gasteiger partial charge on any atom is -0.756 e. The lowest BCUT2D eigenvalue weighted by Crippen LogP contribution is -2.45. The molecular formula is C65H121N2O6P. The molecule has 0 bridgehead atoms. The van der Waals surface area contributed by atoms with E-state index in [0.717, 1.165) is 57.8 Å². The number of amides is 1. The first-order valence-electron chi connectivity index (χ1n) is 31.3. The number of nitrogens with zero attached hydrogens (tertiary/aromatic N) is 1. The van der Waals surface area contributed by atoms with Crippen LogP contribution in [0.5, 0.6) is 0 Å². The van der Waals surface area contributed by atoms with E-state index in [9.17, 15) is 19.4 Å². The first-order valence-corrected chi connectivity index (χ1v) is 32.8. The van der Waals surface area contributed by atoms with Gasteiger partial charge in [0.25, 0.3) is 7.82 Å². The summed E-state index contributed by atoms with van der Waals surface area (Å²) in [7, 11) is 1.24. The van der Waals surface area contributed by atoms with Crippen molar-refractivity contribution in [1.82, 2.24) is 5.32 Å². The Hall–Kier alpha value is -2.06. The van der Waals surface area contributed by atoms with E-state index >= 15 is 0 Å². The molecule has 74 heavy (non-hydrogen) atoms. The number of likely N-dealkylation sites (N-methyl/N-ethyl adjacent to an activating group) is 1. The first kappa shape index (κ1) is 71.9. The molecule has 2 N–H and O–H groups in total. The fraction of sp³-hybridized carbons (Fsp3) is 0.800. The average Bonchev–Trinajstić information content (AvgIpc) is 3.36. The molecule has 0 heterocycles. The van der Waals surface area contributed by atoms with Gasteiger partial charge < -0.3 is 28.8 Å². The van der Waals surface area contributed by atoms with Crippen LogP contribution < -0.4 is 10.2 Å². The third-order valence-electron chi connectivity index (χ3n) is 13.9. The van der Waals surface area contributed by atoms with Crippen LogP contribution in [0.15, 0.2) is 72.9 Å². The van der Waals surface area contributed by atoms with Gasteiger partial charge >= 0.3 is 0 Å². The molecule has 0 fully saturated rings. The smallest absolute Gasteiger partial charge is 0.268 e. The van der Waals surface area contributed by atoms with Gasteiger partial charge in [0, 0.05) is 6.42 Å². The molecule has 9 heteroatoms. The lowest BCUT2D eigenvalue weighted by Gasteiger charge is -2.29. The van der Waals surface area contributed by atoms with Gasteiger partial charge in [-0.1, -0.05) is 267 Å². The summed E-state index contributed by atoms with van der Waals surface area (Å²) in [5.41, 5.74) is 0. The zero-order valence-corrected chi connectivity index (χ0v) is 50.2. The van der Waals surface area contributed by atoms with E-state index < -0.39 is 26.6 Å². The van der Waals surface area contributed by atoms with Crippen molar-refractivity contribution >= 4 is 13.7 Å². The van der Waals surface area contributed by atoms with Gasteiger partial charge in [-0.25, -0.2) is 0 Å². The molecule has 0 aliphatic rings. The van der Waals surface area contributed by atoms with Gasteiger partial charge in [0.05, 0.1) is 39.9 Å². The molecule has 0 rings (SSSR count). The summed E-state index contributed by atoms with van der Waals surface area (Å²) in [4.78, 5) is 25.5. The molecule has 1 amide bonds. The van der Waals surface area contributed by atoms with Crippen LogP contribution in [-0.2, 0) is 18.4 Å². The van der Waals surface area contributed by atoms with Crippen LogP contribution in [0, 0.1) is 0 Å². The van der Waals surface area contributed by atoms with Gasteiger partial charge in [-0.05, 0) is 83.5 Å². The number of aliphatic hydroxyl groups is 1. The number of nitrogens with one attached hydrogen (secondary N) is 1. The van der Waals surface area contributed by atoms with Crippen LogP contribution >= 0.6 is 7.82 Å². The Labute approximate surface area is 459 Å². The van der Waals surface area contributed by atoms with Gasteiger partial charge in [-0.15, -0.1) is 0 Å². The van der Waals surface area contributed by atoms with Crippen LogP contribution in [-0.4, -0.2) is 68.5 Å². The maximum absolute atomic E-state index is 13.0. The Kier molecular flexibility index (Phi) is 54.1. The summed E-state index contributed by atoms with van der Waals surface area (Å²) >= 11 is 0. The normalized spacial score (nSPS) is 14.3. The van der Waals surface area contributed by atoms with Crippen molar-refractivity contribution in [2.75, 3.05) is 40.9 Å². The number of carbonyl (C=O) groups is 1. The fourth-order valence-corrected chi connectivity index (χ4v) is 9.68. The quantitative estimate of drug-likeness (QED) is 0.0272. The molecule has 0 aliphatic carbocycles. The summed E-state index contributed by atoms with van der Waals surface area (Å²) in [5.74, 6) is -0.210. The van der Waals surface area contributed by atoms with Crippen molar-refractivity contribution < 1.29 is 32.9 Å². The van der Waals surface area contributed by atoms with E-state index in [2.05, 4.69) is 79.9 Å². The molecule has 0 saturated heterocycles. The number of unbranched alkanes of at least 4 members (excludes halogenated alkanes) is 34.